The monoisotopic (exact) mass is 266 g/mol. The Balaban J connectivity index is 1.60. The fourth-order valence-corrected chi connectivity index (χ4v) is 2.74. The zero-order valence-electron chi connectivity index (χ0n) is 11.4. The zero-order chi connectivity index (χ0) is 13.2. The molecule has 1 aromatic rings. The van der Waals surface area contributed by atoms with E-state index >= 15 is 0 Å². The second-order valence-electron chi connectivity index (χ2n) is 5.57. The van der Waals surface area contributed by atoms with Gasteiger partial charge in [-0.3, -0.25) is 4.90 Å². The fourth-order valence-electron chi connectivity index (χ4n) is 2.74. The van der Waals surface area contributed by atoms with Crippen LogP contribution >= 0.6 is 0 Å². The van der Waals surface area contributed by atoms with Crippen molar-refractivity contribution in [1.82, 2.24) is 15.0 Å². The van der Waals surface area contributed by atoms with Crippen LogP contribution in [-0.4, -0.2) is 47.4 Å². The van der Waals surface area contributed by atoms with Gasteiger partial charge in [-0.25, -0.2) is 0 Å². The van der Waals surface area contributed by atoms with Crippen molar-refractivity contribution in [3.05, 3.63) is 11.7 Å². The summed E-state index contributed by atoms with van der Waals surface area (Å²) in [4.78, 5) is 6.83. The number of rotatable bonds is 5. The van der Waals surface area contributed by atoms with E-state index in [0.717, 1.165) is 37.6 Å². The zero-order valence-corrected chi connectivity index (χ0v) is 11.4. The predicted molar refractivity (Wildman–Crippen MR) is 69.6 cm³/mol. The fraction of sp³-hybridized carbons (Fsp3) is 0.846. The third kappa shape index (κ3) is 2.96. The minimum absolute atomic E-state index is 0.331. The van der Waals surface area contributed by atoms with Crippen molar-refractivity contribution in [3.63, 3.8) is 0 Å². The van der Waals surface area contributed by atoms with Crippen LogP contribution in [0.15, 0.2) is 4.52 Å². The normalized spacial score (nSPS) is 28.7. The van der Waals surface area contributed by atoms with Crippen molar-refractivity contribution in [2.24, 2.45) is 5.73 Å². The lowest BCUT2D eigenvalue weighted by atomic mass is 9.99. The maximum absolute atomic E-state index is 5.87. The Hall–Kier alpha value is -0.980. The molecule has 2 aliphatic rings. The number of methoxy groups -OCH3 is 1. The minimum Gasteiger partial charge on any atom is -0.381 e. The summed E-state index contributed by atoms with van der Waals surface area (Å²) in [6.07, 6.45) is 4.73. The lowest BCUT2D eigenvalue weighted by molar-refractivity contribution is 0.00910. The van der Waals surface area contributed by atoms with E-state index in [1.807, 2.05) is 0 Å². The lowest BCUT2D eigenvalue weighted by Gasteiger charge is -2.37. The molecule has 1 saturated heterocycles. The molecule has 2 N–H and O–H groups in total. The number of hydrogen-bond donors (Lipinski definition) is 1. The third-order valence-electron chi connectivity index (χ3n) is 4.15. The molecular weight excluding hydrogens is 244 g/mol. The summed E-state index contributed by atoms with van der Waals surface area (Å²) < 4.78 is 10.7. The first kappa shape index (κ1) is 13.0. The van der Waals surface area contributed by atoms with Crippen LogP contribution in [0.25, 0.3) is 0 Å². The van der Waals surface area contributed by atoms with E-state index in [1.54, 1.807) is 7.11 Å². The molecule has 2 heterocycles. The van der Waals surface area contributed by atoms with Gasteiger partial charge in [-0.2, -0.15) is 4.98 Å². The first-order valence-corrected chi connectivity index (χ1v) is 7.09. The van der Waals surface area contributed by atoms with E-state index < -0.39 is 0 Å². The van der Waals surface area contributed by atoms with Crippen molar-refractivity contribution in [3.8, 4) is 0 Å². The average molecular weight is 266 g/mol. The van der Waals surface area contributed by atoms with Gasteiger partial charge < -0.3 is 15.0 Å². The Morgan fingerprint density at radius 2 is 2.26 bits per heavy atom. The van der Waals surface area contributed by atoms with Crippen molar-refractivity contribution in [2.45, 2.75) is 50.3 Å². The molecule has 2 fully saturated rings. The van der Waals surface area contributed by atoms with Gasteiger partial charge in [-0.05, 0) is 25.7 Å². The summed E-state index contributed by atoms with van der Waals surface area (Å²) in [5.74, 6) is 2.12. The molecule has 6 nitrogen and oxygen atoms in total. The SMILES string of the molecule is CO[C@@H]1CCN(Cc2noc(C3CC3)n2)[C@@H](CN)C1. The Morgan fingerprint density at radius 3 is 2.95 bits per heavy atom. The first-order chi connectivity index (χ1) is 9.30. The number of piperidine rings is 1. The molecule has 1 aliphatic heterocycles. The second-order valence-corrected chi connectivity index (χ2v) is 5.57. The molecule has 0 spiro atoms. The average Bonchev–Trinajstić information content (AvgIpc) is 3.20. The van der Waals surface area contributed by atoms with E-state index in [2.05, 4.69) is 15.0 Å². The second kappa shape index (κ2) is 5.56. The van der Waals surface area contributed by atoms with Crippen molar-refractivity contribution < 1.29 is 9.26 Å². The molecule has 6 heteroatoms. The quantitative estimate of drug-likeness (QED) is 0.852. The van der Waals surface area contributed by atoms with Gasteiger partial charge in [-0.15, -0.1) is 0 Å². The summed E-state index contributed by atoms with van der Waals surface area (Å²) in [5, 5.41) is 4.08. The Bertz CT molecular complexity index is 419. The smallest absolute Gasteiger partial charge is 0.229 e. The lowest BCUT2D eigenvalue weighted by Crippen LogP contribution is -2.48. The van der Waals surface area contributed by atoms with Gasteiger partial charge in [0.25, 0.3) is 0 Å². The van der Waals surface area contributed by atoms with Gasteiger partial charge in [-0.1, -0.05) is 5.16 Å². The number of likely N-dealkylation sites (tertiary alicyclic amines) is 1. The van der Waals surface area contributed by atoms with E-state index in [4.69, 9.17) is 15.0 Å². The van der Waals surface area contributed by atoms with E-state index in [9.17, 15) is 0 Å². The Kier molecular flexibility index (Phi) is 3.81. The predicted octanol–water partition coefficient (Wildman–Crippen LogP) is 0.885. The number of ether oxygens (including phenoxy) is 1. The Labute approximate surface area is 113 Å². The van der Waals surface area contributed by atoms with Crippen molar-refractivity contribution in [1.29, 1.82) is 0 Å². The molecule has 3 rings (SSSR count). The molecule has 0 bridgehead atoms. The highest BCUT2D eigenvalue weighted by Gasteiger charge is 2.31. The van der Waals surface area contributed by atoms with Crippen LogP contribution in [0.4, 0.5) is 0 Å². The van der Waals surface area contributed by atoms with Gasteiger partial charge >= 0.3 is 0 Å². The molecule has 1 saturated carbocycles. The Morgan fingerprint density at radius 1 is 1.42 bits per heavy atom. The van der Waals surface area contributed by atoms with E-state index in [-0.39, 0.29) is 0 Å². The molecule has 0 unspecified atom stereocenters. The maximum Gasteiger partial charge on any atom is 0.229 e. The maximum atomic E-state index is 5.87. The standard InChI is InChI=1S/C13H22N4O2/c1-18-11-4-5-17(10(6-11)7-14)8-12-15-13(19-16-12)9-2-3-9/h9-11H,2-8,14H2,1H3/t10-,11-/m1/s1. The third-order valence-corrected chi connectivity index (χ3v) is 4.15. The molecule has 1 aromatic heterocycles. The van der Waals surface area contributed by atoms with Crippen LogP contribution in [0.3, 0.4) is 0 Å². The molecule has 2 atom stereocenters. The molecule has 106 valence electrons. The van der Waals surface area contributed by atoms with Gasteiger partial charge in [0, 0.05) is 32.2 Å². The summed E-state index contributed by atoms with van der Waals surface area (Å²) >= 11 is 0. The van der Waals surface area contributed by atoms with Gasteiger partial charge in [0.2, 0.25) is 5.89 Å². The number of nitrogens with zero attached hydrogens (tertiary/aromatic N) is 3. The molecule has 0 amide bonds. The minimum atomic E-state index is 0.331. The summed E-state index contributed by atoms with van der Waals surface area (Å²) in [5.41, 5.74) is 5.87. The molecule has 1 aliphatic carbocycles. The number of hydrogen-bond acceptors (Lipinski definition) is 6. The van der Waals surface area contributed by atoms with Gasteiger partial charge in [0.1, 0.15) is 0 Å². The summed E-state index contributed by atoms with van der Waals surface area (Å²) in [6.45, 7) is 2.36. The highest BCUT2D eigenvalue weighted by Crippen LogP contribution is 2.38. The molecule has 19 heavy (non-hydrogen) atoms. The van der Waals surface area contributed by atoms with Crippen LogP contribution in [0.2, 0.25) is 0 Å². The van der Waals surface area contributed by atoms with Crippen LogP contribution in [0.5, 0.6) is 0 Å². The topological polar surface area (TPSA) is 77.4 Å². The van der Waals surface area contributed by atoms with Gasteiger partial charge in [0.15, 0.2) is 5.82 Å². The highest BCUT2D eigenvalue weighted by atomic mass is 16.5. The van der Waals surface area contributed by atoms with Crippen LogP contribution in [0.1, 0.15) is 43.3 Å². The largest absolute Gasteiger partial charge is 0.381 e. The van der Waals surface area contributed by atoms with E-state index in [1.165, 1.54) is 12.8 Å². The van der Waals surface area contributed by atoms with Gasteiger partial charge in [0.05, 0.1) is 12.6 Å². The number of nitrogens with two attached hydrogens (primary N) is 1. The first-order valence-electron chi connectivity index (χ1n) is 7.09. The molecule has 0 radical (unpaired) electrons. The van der Waals surface area contributed by atoms with E-state index in [0.29, 0.717) is 24.6 Å². The van der Waals surface area contributed by atoms with Crippen molar-refractivity contribution >= 4 is 0 Å². The van der Waals surface area contributed by atoms with Crippen LogP contribution in [-0.2, 0) is 11.3 Å². The van der Waals surface area contributed by atoms with Crippen molar-refractivity contribution in [2.75, 3.05) is 20.2 Å². The molecular formula is C13H22N4O2. The number of aromatic nitrogens is 2. The summed E-state index contributed by atoms with van der Waals surface area (Å²) in [7, 11) is 1.77. The summed E-state index contributed by atoms with van der Waals surface area (Å²) in [6, 6.07) is 0.349. The molecule has 0 aromatic carbocycles. The van der Waals surface area contributed by atoms with Crippen LogP contribution in [0, 0.1) is 0 Å². The van der Waals surface area contributed by atoms with Crippen LogP contribution < -0.4 is 5.73 Å². The highest BCUT2D eigenvalue weighted by molar-refractivity contribution is 5.02.